The van der Waals surface area contributed by atoms with Crippen LogP contribution in [0.1, 0.15) is 68.1 Å². The zero-order chi connectivity index (χ0) is 26.8. The van der Waals surface area contributed by atoms with Crippen molar-refractivity contribution in [2.24, 2.45) is 4.99 Å². The first-order chi connectivity index (χ1) is 17.8. The van der Waals surface area contributed by atoms with Crippen molar-refractivity contribution in [3.05, 3.63) is 71.0 Å². The van der Waals surface area contributed by atoms with Crippen molar-refractivity contribution in [1.82, 2.24) is 4.90 Å². The molecule has 1 aromatic carbocycles. The number of amides is 1. The van der Waals surface area contributed by atoms with Crippen molar-refractivity contribution in [1.29, 1.82) is 5.41 Å². The predicted octanol–water partition coefficient (Wildman–Crippen LogP) is 6.81. The first-order valence-electron chi connectivity index (χ1n) is 12.7. The summed E-state index contributed by atoms with van der Waals surface area (Å²) >= 11 is 1.23. The fraction of sp³-hybridized carbons (Fsp3) is 0.379. The molecule has 37 heavy (non-hydrogen) atoms. The van der Waals surface area contributed by atoms with Gasteiger partial charge in [0, 0.05) is 29.2 Å². The van der Waals surface area contributed by atoms with E-state index >= 15 is 0 Å². The van der Waals surface area contributed by atoms with Gasteiger partial charge in [0.15, 0.2) is 0 Å². The molecule has 0 aliphatic carbocycles. The standard InChI is InChI=1S/C29H34FN3O3S/c1-4-6-11-25(28(34)33-18-9-7-8-10-20(33)3)32-17-16-24(31)22-13-12-21(19-23(22)30)26-14-15-27(37-26)29(35)36-5-2/h6,11-17,19-20,31H,4-5,7-10,18H2,1-3H3/b11-6+,17-16+,31-24?,32-25+/t20-/m1/s1. The van der Waals surface area contributed by atoms with Gasteiger partial charge in [-0.1, -0.05) is 31.9 Å². The zero-order valence-electron chi connectivity index (χ0n) is 21.6. The number of ether oxygens (including phenoxy) is 1. The highest BCUT2D eigenvalue weighted by Crippen LogP contribution is 2.30. The van der Waals surface area contributed by atoms with Crippen LogP contribution in [-0.2, 0) is 9.53 Å². The number of halogens is 1. The normalized spacial score (nSPS) is 16.8. The van der Waals surface area contributed by atoms with E-state index in [1.807, 2.05) is 17.9 Å². The van der Waals surface area contributed by atoms with Gasteiger partial charge >= 0.3 is 5.97 Å². The highest BCUT2D eigenvalue weighted by Gasteiger charge is 2.24. The van der Waals surface area contributed by atoms with Gasteiger partial charge in [-0.2, -0.15) is 0 Å². The Morgan fingerprint density at radius 2 is 2.00 bits per heavy atom. The van der Waals surface area contributed by atoms with Crippen molar-refractivity contribution in [3.63, 3.8) is 0 Å². The van der Waals surface area contributed by atoms with Crippen LogP contribution in [0.2, 0.25) is 0 Å². The quantitative estimate of drug-likeness (QED) is 0.289. The molecule has 1 atom stereocenters. The van der Waals surface area contributed by atoms with E-state index in [-0.39, 0.29) is 29.8 Å². The van der Waals surface area contributed by atoms with Crippen LogP contribution < -0.4 is 0 Å². The molecule has 1 amide bonds. The van der Waals surface area contributed by atoms with Gasteiger partial charge in [-0.05, 0) is 75.1 Å². The van der Waals surface area contributed by atoms with E-state index < -0.39 is 11.8 Å². The number of hydrogen-bond donors (Lipinski definition) is 1. The van der Waals surface area contributed by atoms with Gasteiger partial charge in [0.2, 0.25) is 0 Å². The molecule has 6 nitrogen and oxygen atoms in total. The predicted molar refractivity (Wildman–Crippen MR) is 148 cm³/mol. The van der Waals surface area contributed by atoms with Crippen LogP contribution in [0.5, 0.6) is 0 Å². The third-order valence-electron chi connectivity index (χ3n) is 6.13. The fourth-order valence-corrected chi connectivity index (χ4v) is 4.99. The highest BCUT2D eigenvalue weighted by molar-refractivity contribution is 7.17. The number of carbonyl (C=O) groups is 2. The monoisotopic (exact) mass is 523 g/mol. The van der Waals surface area contributed by atoms with Gasteiger partial charge in [-0.3, -0.25) is 9.79 Å². The molecule has 2 aromatic rings. The van der Waals surface area contributed by atoms with E-state index in [2.05, 4.69) is 11.9 Å². The number of thiophene rings is 1. The molecular formula is C29H34FN3O3S. The van der Waals surface area contributed by atoms with E-state index in [0.717, 1.165) is 37.0 Å². The Morgan fingerprint density at radius 3 is 2.73 bits per heavy atom. The summed E-state index contributed by atoms with van der Waals surface area (Å²) in [4.78, 5) is 32.5. The van der Waals surface area contributed by atoms with Crippen LogP contribution >= 0.6 is 11.3 Å². The minimum absolute atomic E-state index is 0.0550. The van der Waals surface area contributed by atoms with Crippen molar-refractivity contribution >= 4 is 34.6 Å². The molecule has 3 rings (SSSR count). The summed E-state index contributed by atoms with van der Waals surface area (Å²) < 4.78 is 19.9. The Bertz CT molecular complexity index is 1210. The number of carbonyl (C=O) groups excluding carboxylic acids is 2. The van der Waals surface area contributed by atoms with Gasteiger partial charge in [0.1, 0.15) is 16.4 Å². The van der Waals surface area contributed by atoms with Gasteiger partial charge in [0.25, 0.3) is 5.91 Å². The Kier molecular flexibility index (Phi) is 10.5. The van der Waals surface area contributed by atoms with E-state index in [4.69, 9.17) is 10.1 Å². The number of nitrogens with one attached hydrogen (secondary N) is 1. The lowest BCUT2D eigenvalue weighted by Crippen LogP contribution is -2.41. The SMILES string of the molecule is CC/C=C/C(=N\C=C\C(=N)c1ccc(-c2ccc(C(=O)OCC)s2)cc1F)C(=O)N1CCCCC[C@H]1C. The maximum absolute atomic E-state index is 14.9. The third-order valence-corrected chi connectivity index (χ3v) is 7.24. The van der Waals surface area contributed by atoms with Gasteiger partial charge in [-0.15, -0.1) is 11.3 Å². The molecule has 1 N–H and O–H groups in total. The average Bonchev–Trinajstić information content (AvgIpc) is 3.28. The minimum atomic E-state index is -0.553. The minimum Gasteiger partial charge on any atom is -0.462 e. The van der Waals surface area contributed by atoms with Gasteiger partial charge in [0.05, 0.1) is 12.3 Å². The summed E-state index contributed by atoms with van der Waals surface area (Å²) in [5.74, 6) is -1.08. The number of benzene rings is 1. The summed E-state index contributed by atoms with van der Waals surface area (Å²) in [5, 5.41) is 8.33. The number of nitrogens with zero attached hydrogens (tertiary/aromatic N) is 2. The maximum Gasteiger partial charge on any atom is 0.348 e. The number of aliphatic imine (C=N–C) groups is 1. The van der Waals surface area contributed by atoms with E-state index in [0.29, 0.717) is 22.7 Å². The van der Waals surface area contributed by atoms with Crippen LogP contribution in [0.4, 0.5) is 4.39 Å². The topological polar surface area (TPSA) is 82.8 Å². The number of hydrogen-bond acceptors (Lipinski definition) is 6. The molecule has 0 saturated carbocycles. The molecule has 1 fully saturated rings. The molecule has 1 aromatic heterocycles. The van der Waals surface area contributed by atoms with Gasteiger partial charge in [-0.25, -0.2) is 9.18 Å². The highest BCUT2D eigenvalue weighted by atomic mass is 32.1. The Balaban J connectivity index is 1.76. The largest absolute Gasteiger partial charge is 0.462 e. The van der Waals surface area contributed by atoms with Crippen LogP contribution in [0.3, 0.4) is 0 Å². The summed E-state index contributed by atoms with van der Waals surface area (Å²) in [6, 6.07) is 8.16. The molecular weight excluding hydrogens is 489 g/mol. The number of allylic oxidation sites excluding steroid dienone is 2. The first-order valence-corrected chi connectivity index (χ1v) is 13.5. The fourth-order valence-electron chi connectivity index (χ4n) is 4.10. The van der Waals surface area contributed by atoms with Crippen molar-refractivity contribution in [2.75, 3.05) is 13.2 Å². The van der Waals surface area contributed by atoms with Crippen molar-refractivity contribution in [2.45, 2.75) is 58.9 Å². The van der Waals surface area contributed by atoms with E-state index in [1.165, 1.54) is 35.7 Å². The zero-order valence-corrected chi connectivity index (χ0v) is 22.4. The number of esters is 1. The molecule has 0 unspecified atom stereocenters. The molecule has 1 aliphatic rings. The Morgan fingerprint density at radius 1 is 1.19 bits per heavy atom. The second kappa shape index (κ2) is 13.8. The molecule has 196 valence electrons. The summed E-state index contributed by atoms with van der Waals surface area (Å²) in [6.45, 7) is 6.79. The van der Waals surface area contributed by atoms with E-state index in [1.54, 1.807) is 31.2 Å². The second-order valence-corrected chi connectivity index (χ2v) is 9.91. The van der Waals surface area contributed by atoms with Crippen molar-refractivity contribution < 1.29 is 18.7 Å². The molecule has 1 aliphatic heterocycles. The average molecular weight is 524 g/mol. The molecule has 0 spiro atoms. The maximum atomic E-state index is 14.9. The number of rotatable bonds is 9. The Labute approximate surface area is 222 Å². The summed E-state index contributed by atoms with van der Waals surface area (Å²) in [6.07, 6.45) is 11.3. The lowest BCUT2D eigenvalue weighted by molar-refractivity contribution is -0.125. The lowest BCUT2D eigenvalue weighted by atomic mass is 10.1. The smallest absolute Gasteiger partial charge is 0.348 e. The van der Waals surface area contributed by atoms with Crippen LogP contribution in [0.15, 0.2) is 59.8 Å². The third kappa shape index (κ3) is 7.55. The van der Waals surface area contributed by atoms with E-state index in [9.17, 15) is 14.0 Å². The summed E-state index contributed by atoms with van der Waals surface area (Å²) in [7, 11) is 0. The molecule has 0 bridgehead atoms. The second-order valence-electron chi connectivity index (χ2n) is 8.83. The number of likely N-dealkylation sites (tertiary alicyclic amines) is 1. The molecule has 1 saturated heterocycles. The summed E-state index contributed by atoms with van der Waals surface area (Å²) in [5.41, 5.74) is 0.988. The molecule has 2 heterocycles. The van der Waals surface area contributed by atoms with Crippen LogP contribution in [0.25, 0.3) is 10.4 Å². The first kappa shape index (κ1) is 28.2. The molecule has 0 radical (unpaired) electrons. The van der Waals surface area contributed by atoms with Crippen LogP contribution in [0, 0.1) is 11.2 Å². The van der Waals surface area contributed by atoms with Crippen LogP contribution in [-0.4, -0.2) is 47.4 Å². The van der Waals surface area contributed by atoms with Gasteiger partial charge < -0.3 is 15.0 Å². The Hall–Kier alpha value is -3.39. The molecule has 8 heteroatoms. The van der Waals surface area contributed by atoms with Crippen molar-refractivity contribution in [3.8, 4) is 10.4 Å². The lowest BCUT2D eigenvalue weighted by Gasteiger charge is -2.27.